The molecule has 21 heavy (non-hydrogen) atoms. The van der Waals surface area contributed by atoms with E-state index in [1.807, 2.05) is 20.8 Å². The van der Waals surface area contributed by atoms with Crippen molar-refractivity contribution >= 4 is 11.9 Å². The Balaban J connectivity index is 4.76. The largest absolute Gasteiger partial charge is 0.465 e. The lowest BCUT2D eigenvalue weighted by atomic mass is 9.72. The first-order chi connectivity index (χ1) is 9.73. The van der Waals surface area contributed by atoms with Crippen molar-refractivity contribution in [3.05, 3.63) is 0 Å². The van der Waals surface area contributed by atoms with E-state index in [4.69, 9.17) is 14.6 Å². The first kappa shape index (κ1) is 19.9. The minimum atomic E-state index is -0.802. The van der Waals surface area contributed by atoms with E-state index in [-0.39, 0.29) is 19.2 Å². The zero-order valence-electron chi connectivity index (χ0n) is 14.0. The van der Waals surface area contributed by atoms with Gasteiger partial charge in [0.15, 0.2) is 0 Å². The molecule has 0 heterocycles. The third kappa shape index (κ3) is 6.46. The number of unbranched alkanes of at least 4 members (excludes halogenated alkanes) is 1. The van der Waals surface area contributed by atoms with Gasteiger partial charge < -0.3 is 14.6 Å². The van der Waals surface area contributed by atoms with Crippen LogP contribution in [0.3, 0.4) is 0 Å². The molecule has 0 spiro atoms. The molecule has 0 bridgehead atoms. The van der Waals surface area contributed by atoms with Crippen molar-refractivity contribution < 1.29 is 24.2 Å². The molecule has 0 aromatic rings. The summed E-state index contributed by atoms with van der Waals surface area (Å²) < 4.78 is 10.3. The van der Waals surface area contributed by atoms with Gasteiger partial charge >= 0.3 is 11.9 Å². The third-order valence-corrected chi connectivity index (χ3v) is 3.71. The Morgan fingerprint density at radius 1 is 1.00 bits per heavy atom. The van der Waals surface area contributed by atoms with Gasteiger partial charge in [0.1, 0.15) is 6.61 Å². The second-order valence-electron chi connectivity index (χ2n) is 6.32. The second kappa shape index (κ2) is 9.03. The number of carbonyl (C=O) groups excluding carboxylic acids is 2. The number of carbonyl (C=O) groups is 2. The van der Waals surface area contributed by atoms with E-state index >= 15 is 0 Å². The number of rotatable bonds is 10. The van der Waals surface area contributed by atoms with Crippen LogP contribution in [0.25, 0.3) is 0 Å². The molecule has 0 aliphatic rings. The number of aliphatic hydroxyl groups excluding tert-OH is 1. The van der Waals surface area contributed by atoms with E-state index < -0.39 is 16.8 Å². The van der Waals surface area contributed by atoms with Crippen LogP contribution < -0.4 is 0 Å². The lowest BCUT2D eigenvalue weighted by Crippen LogP contribution is -2.39. The first-order valence-corrected chi connectivity index (χ1v) is 7.68. The lowest BCUT2D eigenvalue weighted by Gasteiger charge is -2.33. The van der Waals surface area contributed by atoms with E-state index in [9.17, 15) is 9.59 Å². The maximum Gasteiger partial charge on any atom is 0.311 e. The van der Waals surface area contributed by atoms with Gasteiger partial charge in [0, 0.05) is 0 Å². The molecule has 0 amide bonds. The van der Waals surface area contributed by atoms with Crippen LogP contribution in [0.5, 0.6) is 0 Å². The highest BCUT2D eigenvalue weighted by atomic mass is 16.5. The van der Waals surface area contributed by atoms with Crippen LogP contribution in [0, 0.1) is 10.8 Å². The molecule has 0 radical (unpaired) electrons. The Hall–Kier alpha value is -1.10. The van der Waals surface area contributed by atoms with Crippen LogP contribution in [-0.2, 0) is 19.1 Å². The van der Waals surface area contributed by atoms with Gasteiger partial charge in [0.05, 0.1) is 24.0 Å². The average molecular weight is 302 g/mol. The highest BCUT2D eigenvalue weighted by Gasteiger charge is 2.42. The molecule has 1 atom stereocenters. The minimum absolute atomic E-state index is 0.0218. The Kier molecular flexibility index (Phi) is 8.55. The molecule has 1 unspecified atom stereocenters. The van der Waals surface area contributed by atoms with Gasteiger partial charge in [-0.2, -0.15) is 0 Å². The Morgan fingerprint density at radius 3 is 2.05 bits per heavy atom. The first-order valence-electron chi connectivity index (χ1n) is 7.68. The molecule has 0 fully saturated rings. The maximum absolute atomic E-state index is 12.3. The van der Waals surface area contributed by atoms with Crippen molar-refractivity contribution in [1.29, 1.82) is 0 Å². The summed E-state index contributed by atoms with van der Waals surface area (Å²) in [5.41, 5.74) is -1.51. The van der Waals surface area contributed by atoms with E-state index in [0.717, 1.165) is 12.8 Å². The quantitative estimate of drug-likeness (QED) is 0.496. The molecule has 5 nitrogen and oxygen atoms in total. The van der Waals surface area contributed by atoms with Crippen LogP contribution in [0.15, 0.2) is 0 Å². The van der Waals surface area contributed by atoms with Crippen molar-refractivity contribution in [2.75, 3.05) is 19.8 Å². The summed E-state index contributed by atoms with van der Waals surface area (Å²) in [6.07, 6.45) is 2.75. The summed E-state index contributed by atoms with van der Waals surface area (Å²) in [5, 5.41) is 8.72. The molecule has 0 aliphatic carbocycles. The van der Waals surface area contributed by atoms with Gasteiger partial charge in [-0.3, -0.25) is 9.59 Å². The average Bonchev–Trinajstić information content (AvgIpc) is 2.44. The number of esters is 2. The van der Waals surface area contributed by atoms with Crippen molar-refractivity contribution in [1.82, 2.24) is 0 Å². The van der Waals surface area contributed by atoms with Gasteiger partial charge in [0.25, 0.3) is 0 Å². The molecule has 0 aromatic carbocycles. The molecular formula is C16H30O5. The summed E-state index contributed by atoms with van der Waals surface area (Å²) >= 11 is 0. The van der Waals surface area contributed by atoms with Crippen LogP contribution in [0.1, 0.15) is 60.3 Å². The smallest absolute Gasteiger partial charge is 0.311 e. The number of ether oxygens (including phenoxy) is 2. The molecule has 0 aromatic heterocycles. The summed E-state index contributed by atoms with van der Waals surface area (Å²) in [6.45, 7) is 9.46. The molecule has 0 saturated carbocycles. The van der Waals surface area contributed by atoms with Crippen LogP contribution in [0.4, 0.5) is 0 Å². The molecule has 0 rings (SSSR count). The van der Waals surface area contributed by atoms with E-state index in [2.05, 4.69) is 0 Å². The fraction of sp³-hybridized carbons (Fsp3) is 0.875. The van der Waals surface area contributed by atoms with E-state index in [1.54, 1.807) is 13.8 Å². The summed E-state index contributed by atoms with van der Waals surface area (Å²) in [7, 11) is 0. The number of hydrogen-bond acceptors (Lipinski definition) is 5. The molecular weight excluding hydrogens is 272 g/mol. The normalized spacial score (nSPS) is 14.4. The maximum atomic E-state index is 12.3. The van der Waals surface area contributed by atoms with Crippen molar-refractivity contribution in [2.24, 2.45) is 10.8 Å². The monoisotopic (exact) mass is 302 g/mol. The SMILES string of the molecule is CCCCOC(=O)C(C)(CC)CC(C)(C)C(=O)OCCO. The topological polar surface area (TPSA) is 72.8 Å². The molecule has 0 aliphatic heterocycles. The minimum Gasteiger partial charge on any atom is -0.465 e. The highest BCUT2D eigenvalue weighted by molar-refractivity contribution is 5.80. The predicted molar refractivity (Wildman–Crippen MR) is 80.7 cm³/mol. The number of hydrogen-bond donors (Lipinski definition) is 1. The van der Waals surface area contributed by atoms with Crippen molar-refractivity contribution in [2.45, 2.75) is 60.3 Å². The zero-order chi connectivity index (χ0) is 16.5. The van der Waals surface area contributed by atoms with Gasteiger partial charge in [-0.15, -0.1) is 0 Å². The van der Waals surface area contributed by atoms with Crippen LogP contribution in [0.2, 0.25) is 0 Å². The molecule has 0 saturated heterocycles. The van der Waals surface area contributed by atoms with Gasteiger partial charge in [0.2, 0.25) is 0 Å². The standard InChI is InChI=1S/C16H30O5/c1-6-8-10-20-14(19)16(5,7-2)12-15(3,4)13(18)21-11-9-17/h17H,6-12H2,1-5H3. The fourth-order valence-electron chi connectivity index (χ4n) is 2.21. The fourth-order valence-corrected chi connectivity index (χ4v) is 2.21. The molecule has 124 valence electrons. The second-order valence-corrected chi connectivity index (χ2v) is 6.32. The summed E-state index contributed by atoms with van der Waals surface area (Å²) in [4.78, 5) is 24.3. The van der Waals surface area contributed by atoms with Crippen molar-refractivity contribution in [3.8, 4) is 0 Å². The predicted octanol–water partition coefficient (Wildman–Crippen LogP) is 2.70. The lowest BCUT2D eigenvalue weighted by molar-refractivity contribution is -0.163. The van der Waals surface area contributed by atoms with Crippen LogP contribution >= 0.6 is 0 Å². The van der Waals surface area contributed by atoms with E-state index in [1.165, 1.54) is 0 Å². The van der Waals surface area contributed by atoms with Gasteiger partial charge in [-0.1, -0.05) is 20.3 Å². The van der Waals surface area contributed by atoms with Gasteiger partial charge in [-0.25, -0.2) is 0 Å². The summed E-state index contributed by atoms with van der Waals surface area (Å²) in [5.74, 6) is -0.668. The number of aliphatic hydroxyl groups is 1. The summed E-state index contributed by atoms with van der Waals surface area (Å²) in [6, 6.07) is 0. The van der Waals surface area contributed by atoms with Gasteiger partial charge in [-0.05, 0) is 40.0 Å². The Labute approximate surface area is 128 Å². The van der Waals surface area contributed by atoms with Crippen LogP contribution in [-0.4, -0.2) is 36.9 Å². The Bertz CT molecular complexity index is 338. The Morgan fingerprint density at radius 2 is 1.57 bits per heavy atom. The molecule has 1 N–H and O–H groups in total. The van der Waals surface area contributed by atoms with E-state index in [0.29, 0.717) is 19.4 Å². The highest BCUT2D eigenvalue weighted by Crippen LogP contribution is 2.38. The third-order valence-electron chi connectivity index (χ3n) is 3.71. The molecule has 5 heteroatoms. The zero-order valence-corrected chi connectivity index (χ0v) is 14.0. The van der Waals surface area contributed by atoms with Crippen molar-refractivity contribution in [3.63, 3.8) is 0 Å².